The Labute approximate surface area is 150 Å². The Morgan fingerprint density at radius 3 is 2.69 bits per heavy atom. The van der Waals surface area contributed by atoms with Gasteiger partial charge in [-0.2, -0.15) is 0 Å². The van der Waals surface area contributed by atoms with Gasteiger partial charge < -0.3 is 14.5 Å². The molecule has 1 N–H and O–H groups in total. The average Bonchev–Trinajstić information content (AvgIpc) is 3.15. The van der Waals surface area contributed by atoms with Gasteiger partial charge in [-0.25, -0.2) is 8.42 Å². The quantitative estimate of drug-likeness (QED) is 0.717. The number of hydrogen-bond acceptors (Lipinski definition) is 5. The second kappa shape index (κ2) is 5.74. The molecular weight excluding hydrogens is 354 g/mol. The Bertz CT molecular complexity index is 1190. The molecule has 0 atom stereocenters. The van der Waals surface area contributed by atoms with E-state index in [1.807, 2.05) is 18.2 Å². The van der Waals surface area contributed by atoms with Crippen LogP contribution in [-0.4, -0.2) is 32.6 Å². The Hall–Kier alpha value is -3.06. The highest BCUT2D eigenvalue weighted by atomic mass is 32.2. The number of ether oxygens (including phenoxy) is 2. The van der Waals surface area contributed by atoms with E-state index in [0.29, 0.717) is 11.3 Å². The van der Waals surface area contributed by atoms with E-state index in [4.69, 9.17) is 9.47 Å². The van der Waals surface area contributed by atoms with E-state index in [1.165, 1.54) is 18.2 Å². The van der Waals surface area contributed by atoms with Crippen LogP contribution in [0.3, 0.4) is 0 Å². The third-order valence-corrected chi connectivity index (χ3v) is 5.39. The highest BCUT2D eigenvalue weighted by Gasteiger charge is 2.28. The zero-order valence-electron chi connectivity index (χ0n) is 14.1. The van der Waals surface area contributed by atoms with Crippen LogP contribution in [0, 0.1) is 0 Å². The lowest BCUT2D eigenvalue weighted by atomic mass is 10.1. The topological polar surface area (TPSA) is 85.5 Å². The molecule has 7 heteroatoms. The maximum atomic E-state index is 12.6. The molecule has 4 rings (SSSR count). The summed E-state index contributed by atoms with van der Waals surface area (Å²) in [6.45, 7) is 0. The van der Waals surface area contributed by atoms with Crippen molar-refractivity contribution in [3.63, 3.8) is 0 Å². The molecule has 0 bridgehead atoms. The summed E-state index contributed by atoms with van der Waals surface area (Å²) in [7, 11) is -1.79. The first-order valence-corrected chi connectivity index (χ1v) is 9.69. The number of allylic oxidation sites excluding steroid dienone is 1. The van der Waals surface area contributed by atoms with Crippen LogP contribution < -0.4 is 9.47 Å². The van der Waals surface area contributed by atoms with Crippen LogP contribution in [0.2, 0.25) is 0 Å². The van der Waals surface area contributed by atoms with E-state index in [0.717, 1.165) is 22.7 Å². The van der Waals surface area contributed by atoms with Crippen molar-refractivity contribution in [2.45, 2.75) is 4.90 Å². The predicted octanol–water partition coefficient (Wildman–Crippen LogP) is 3.20. The number of benzene rings is 2. The van der Waals surface area contributed by atoms with Gasteiger partial charge in [0.2, 0.25) is 5.78 Å². The molecule has 2 heterocycles. The van der Waals surface area contributed by atoms with E-state index in [1.54, 1.807) is 19.4 Å². The monoisotopic (exact) mass is 369 g/mol. The summed E-state index contributed by atoms with van der Waals surface area (Å²) in [5, 5.41) is 0.890. The fourth-order valence-electron chi connectivity index (χ4n) is 2.91. The molecule has 132 valence electrons. The largest absolute Gasteiger partial charge is 0.497 e. The van der Waals surface area contributed by atoms with Crippen LogP contribution in [0.15, 0.2) is 53.2 Å². The first kappa shape index (κ1) is 16.4. The van der Waals surface area contributed by atoms with Crippen molar-refractivity contribution >= 4 is 32.6 Å². The van der Waals surface area contributed by atoms with Crippen molar-refractivity contribution < 1.29 is 22.7 Å². The molecule has 0 unspecified atom stereocenters. The normalized spacial score (nSPS) is 15.3. The minimum Gasteiger partial charge on any atom is -0.497 e. The van der Waals surface area contributed by atoms with Crippen LogP contribution in [0.25, 0.3) is 17.0 Å². The molecule has 6 nitrogen and oxygen atoms in total. The molecule has 1 aromatic heterocycles. The van der Waals surface area contributed by atoms with Crippen LogP contribution >= 0.6 is 0 Å². The second-order valence-corrected chi connectivity index (χ2v) is 8.04. The number of sulfone groups is 1. The molecule has 1 aliphatic heterocycles. The molecule has 0 saturated carbocycles. The highest BCUT2D eigenvalue weighted by Crippen LogP contribution is 2.35. The van der Waals surface area contributed by atoms with Gasteiger partial charge in [-0.3, -0.25) is 4.79 Å². The lowest BCUT2D eigenvalue weighted by Crippen LogP contribution is -1.98. The number of nitrogens with one attached hydrogen (secondary N) is 1. The second-order valence-electron chi connectivity index (χ2n) is 6.03. The van der Waals surface area contributed by atoms with E-state index in [2.05, 4.69) is 4.98 Å². The number of aromatic amines is 1. The Balaban J connectivity index is 1.76. The van der Waals surface area contributed by atoms with Gasteiger partial charge in [-0.1, -0.05) is 0 Å². The van der Waals surface area contributed by atoms with Crippen molar-refractivity contribution in [2.24, 2.45) is 0 Å². The van der Waals surface area contributed by atoms with Crippen molar-refractivity contribution in [1.29, 1.82) is 0 Å². The number of carbonyl (C=O) groups is 1. The van der Waals surface area contributed by atoms with E-state index >= 15 is 0 Å². The Morgan fingerprint density at radius 1 is 1.15 bits per heavy atom. The standard InChI is InChI=1S/C19H15NO5S/c1-24-12-3-6-16-15(8-12)11(10-20-16)7-18-19(21)14-5-4-13(26(2,22)23)9-17(14)25-18/h3-10,20H,1-2H3. The van der Waals surface area contributed by atoms with Crippen molar-refractivity contribution in [3.05, 3.63) is 59.5 Å². The zero-order valence-corrected chi connectivity index (χ0v) is 14.9. The van der Waals surface area contributed by atoms with Gasteiger partial charge in [0.25, 0.3) is 0 Å². The van der Waals surface area contributed by atoms with Gasteiger partial charge in [0.05, 0.1) is 17.6 Å². The lowest BCUT2D eigenvalue weighted by Gasteiger charge is -2.01. The number of hydrogen-bond donors (Lipinski definition) is 1. The fraction of sp³-hybridized carbons (Fsp3) is 0.105. The zero-order chi connectivity index (χ0) is 18.5. The SMILES string of the molecule is COc1ccc2[nH]cc(C=C3Oc4cc(S(C)(=O)=O)ccc4C3=O)c2c1. The molecule has 2 aromatic carbocycles. The van der Waals surface area contributed by atoms with Gasteiger partial charge in [-0.15, -0.1) is 0 Å². The number of ketones is 1. The molecule has 0 amide bonds. The van der Waals surface area contributed by atoms with Crippen molar-refractivity contribution in [3.8, 4) is 11.5 Å². The fourth-order valence-corrected chi connectivity index (χ4v) is 3.54. The molecule has 0 fully saturated rings. The first-order valence-electron chi connectivity index (χ1n) is 7.80. The number of carbonyl (C=O) groups excluding carboxylic acids is 1. The highest BCUT2D eigenvalue weighted by molar-refractivity contribution is 7.90. The molecule has 1 aliphatic rings. The molecular formula is C19H15NO5S. The first-order chi connectivity index (χ1) is 12.4. The molecule has 0 radical (unpaired) electrons. The van der Waals surface area contributed by atoms with E-state index in [9.17, 15) is 13.2 Å². The molecule has 0 saturated heterocycles. The molecule has 3 aromatic rings. The number of fused-ring (bicyclic) bond motifs is 2. The van der Waals surface area contributed by atoms with Crippen molar-refractivity contribution in [2.75, 3.05) is 13.4 Å². The summed E-state index contributed by atoms with van der Waals surface area (Å²) in [5.74, 6) is 0.824. The van der Waals surface area contributed by atoms with Crippen LogP contribution in [0.5, 0.6) is 11.5 Å². The molecule has 0 aliphatic carbocycles. The van der Waals surface area contributed by atoms with Crippen LogP contribution in [0.1, 0.15) is 15.9 Å². The van der Waals surface area contributed by atoms with E-state index < -0.39 is 9.84 Å². The lowest BCUT2D eigenvalue weighted by molar-refractivity contribution is 0.101. The summed E-state index contributed by atoms with van der Waals surface area (Å²) in [6.07, 6.45) is 4.53. The molecule has 0 spiro atoms. The third kappa shape index (κ3) is 2.66. The van der Waals surface area contributed by atoms with Gasteiger partial charge in [-0.05, 0) is 36.4 Å². The Morgan fingerprint density at radius 2 is 1.96 bits per heavy atom. The van der Waals surface area contributed by atoms with Gasteiger partial charge in [0.15, 0.2) is 15.6 Å². The maximum absolute atomic E-state index is 12.6. The summed E-state index contributed by atoms with van der Waals surface area (Å²) < 4.78 is 34.3. The van der Waals surface area contributed by atoms with Gasteiger partial charge in [0.1, 0.15) is 11.5 Å². The Kier molecular flexibility index (Phi) is 3.62. The van der Waals surface area contributed by atoms with Crippen LogP contribution in [0.4, 0.5) is 0 Å². The maximum Gasteiger partial charge on any atom is 0.231 e. The number of Topliss-reactive ketones (excluding diaryl/α,β-unsaturated/α-hetero) is 1. The summed E-state index contributed by atoms with van der Waals surface area (Å²) >= 11 is 0. The number of H-pyrrole nitrogens is 1. The van der Waals surface area contributed by atoms with Gasteiger partial charge in [0, 0.05) is 35.0 Å². The minimum absolute atomic E-state index is 0.113. The number of aromatic nitrogens is 1. The number of methoxy groups -OCH3 is 1. The summed E-state index contributed by atoms with van der Waals surface area (Å²) in [5.41, 5.74) is 2.03. The average molecular weight is 369 g/mol. The summed E-state index contributed by atoms with van der Waals surface area (Å²) in [6, 6.07) is 9.87. The number of rotatable bonds is 3. The van der Waals surface area contributed by atoms with Crippen LogP contribution in [-0.2, 0) is 9.84 Å². The minimum atomic E-state index is -3.38. The van der Waals surface area contributed by atoms with Crippen molar-refractivity contribution in [1.82, 2.24) is 4.98 Å². The predicted molar refractivity (Wildman–Crippen MR) is 97.3 cm³/mol. The third-order valence-electron chi connectivity index (χ3n) is 4.28. The summed E-state index contributed by atoms with van der Waals surface area (Å²) in [4.78, 5) is 15.8. The molecule has 26 heavy (non-hydrogen) atoms. The smallest absolute Gasteiger partial charge is 0.231 e. The van der Waals surface area contributed by atoms with E-state index in [-0.39, 0.29) is 22.2 Å². The van der Waals surface area contributed by atoms with Gasteiger partial charge >= 0.3 is 0 Å².